The van der Waals surface area contributed by atoms with Gasteiger partial charge in [0.25, 0.3) is 5.69 Å². The number of non-ortho nitro benzene ring substituents is 1. The lowest BCUT2D eigenvalue weighted by atomic mass is 10.1. The van der Waals surface area contributed by atoms with Crippen molar-refractivity contribution >= 4 is 23.2 Å². The number of nitro groups is 1. The summed E-state index contributed by atoms with van der Waals surface area (Å²) in [5, 5.41) is 31.0. The van der Waals surface area contributed by atoms with Crippen LogP contribution in [-0.4, -0.2) is 27.9 Å². The fourth-order valence-electron chi connectivity index (χ4n) is 2.64. The van der Waals surface area contributed by atoms with Crippen LogP contribution in [0.2, 0.25) is 0 Å². The predicted molar refractivity (Wildman–Crippen MR) is 108 cm³/mol. The molecule has 0 bridgehead atoms. The van der Waals surface area contributed by atoms with Crippen LogP contribution in [0.1, 0.15) is 12.5 Å². The van der Waals surface area contributed by atoms with Crippen LogP contribution in [0.5, 0.6) is 11.5 Å². The fraction of sp³-hybridized carbons (Fsp3) is 0.158. The van der Waals surface area contributed by atoms with Crippen molar-refractivity contribution in [2.24, 2.45) is 10.2 Å². The molecule has 0 saturated heterocycles. The maximum absolute atomic E-state index is 11.0. The molecule has 2 aromatic carbocycles. The Balaban J connectivity index is 1.93. The van der Waals surface area contributed by atoms with Crippen LogP contribution in [0, 0.1) is 10.1 Å². The van der Waals surface area contributed by atoms with Gasteiger partial charge in [-0.15, -0.1) is 16.4 Å². The van der Waals surface area contributed by atoms with Crippen molar-refractivity contribution in [3.63, 3.8) is 0 Å². The number of nitro benzene ring substituents is 1. The van der Waals surface area contributed by atoms with Gasteiger partial charge in [0.1, 0.15) is 0 Å². The van der Waals surface area contributed by atoms with Crippen molar-refractivity contribution in [1.82, 2.24) is 4.57 Å². The number of rotatable bonds is 6. The molecule has 0 unspecified atom stereocenters. The summed E-state index contributed by atoms with van der Waals surface area (Å²) in [4.78, 5) is 11.3. The number of benzene rings is 2. The highest BCUT2D eigenvalue weighted by Gasteiger charge is 2.11. The molecule has 3 rings (SSSR count). The summed E-state index contributed by atoms with van der Waals surface area (Å²) in [6.45, 7) is 2.62. The number of hydrogen-bond donors (Lipinski definition) is 1. The molecule has 1 heterocycles. The van der Waals surface area contributed by atoms with E-state index in [0.29, 0.717) is 17.1 Å². The van der Waals surface area contributed by atoms with E-state index in [1.54, 1.807) is 30.5 Å². The molecule has 0 saturated carbocycles. The third-order valence-corrected chi connectivity index (χ3v) is 4.87. The highest BCUT2D eigenvalue weighted by atomic mass is 32.1. The Labute approximate surface area is 164 Å². The Morgan fingerprint density at radius 3 is 2.86 bits per heavy atom. The third kappa shape index (κ3) is 4.09. The van der Waals surface area contributed by atoms with Crippen molar-refractivity contribution in [3.05, 3.63) is 68.3 Å². The smallest absolute Gasteiger partial charge is 0.270 e. The first-order valence-corrected chi connectivity index (χ1v) is 9.28. The number of aromatic hydroxyl groups is 1. The Kier molecular flexibility index (Phi) is 5.85. The molecule has 0 spiro atoms. The van der Waals surface area contributed by atoms with Crippen LogP contribution in [0.25, 0.3) is 11.3 Å². The molecule has 0 aliphatic rings. The SMILES string of the molecule is CCn1c(-c2cccc([N+](=O)[O-])c2)cs/c1=N\N=C/c1ccc(O)c(OC)c1. The number of nitrogens with zero attached hydrogens (tertiary/aromatic N) is 4. The number of ether oxygens (including phenoxy) is 1. The fourth-order valence-corrected chi connectivity index (χ4v) is 3.57. The molecule has 144 valence electrons. The van der Waals surface area contributed by atoms with E-state index in [2.05, 4.69) is 10.2 Å². The molecule has 1 N–H and O–H groups in total. The normalized spacial score (nSPS) is 11.9. The van der Waals surface area contributed by atoms with Gasteiger partial charge < -0.3 is 14.4 Å². The Morgan fingerprint density at radius 1 is 1.32 bits per heavy atom. The standard InChI is InChI=1S/C19H18N4O4S/c1-3-22-16(14-5-4-6-15(10-14)23(25)26)12-28-19(22)21-20-11-13-7-8-17(24)18(9-13)27-2/h4-12,24H,3H2,1-2H3/b20-11-,21-19-. The highest BCUT2D eigenvalue weighted by molar-refractivity contribution is 7.07. The van der Waals surface area contributed by atoms with Gasteiger partial charge in [-0.2, -0.15) is 5.10 Å². The van der Waals surface area contributed by atoms with Crippen molar-refractivity contribution in [2.45, 2.75) is 13.5 Å². The second-order valence-corrected chi connectivity index (χ2v) is 6.57. The summed E-state index contributed by atoms with van der Waals surface area (Å²) in [5.74, 6) is 0.414. The Bertz CT molecular complexity index is 1100. The number of methoxy groups -OCH3 is 1. The lowest BCUT2D eigenvalue weighted by Gasteiger charge is -2.05. The zero-order valence-electron chi connectivity index (χ0n) is 15.3. The first-order chi connectivity index (χ1) is 13.5. The summed E-state index contributed by atoms with van der Waals surface area (Å²) in [5.41, 5.74) is 2.37. The molecule has 9 heteroatoms. The number of phenols is 1. The molecule has 0 fully saturated rings. The summed E-state index contributed by atoms with van der Waals surface area (Å²) in [7, 11) is 1.48. The highest BCUT2D eigenvalue weighted by Crippen LogP contribution is 2.26. The number of aromatic nitrogens is 1. The number of phenolic OH excluding ortho intramolecular Hbond substituents is 1. The minimum atomic E-state index is -0.409. The van der Waals surface area contributed by atoms with E-state index in [1.807, 2.05) is 22.9 Å². The monoisotopic (exact) mass is 398 g/mol. The molecule has 28 heavy (non-hydrogen) atoms. The van der Waals surface area contributed by atoms with Gasteiger partial charge in [-0.25, -0.2) is 0 Å². The quantitative estimate of drug-likeness (QED) is 0.388. The van der Waals surface area contributed by atoms with Gasteiger partial charge in [-0.1, -0.05) is 12.1 Å². The van der Waals surface area contributed by atoms with Crippen molar-refractivity contribution < 1.29 is 14.8 Å². The van der Waals surface area contributed by atoms with E-state index in [9.17, 15) is 15.2 Å². The van der Waals surface area contributed by atoms with Crippen molar-refractivity contribution in [2.75, 3.05) is 7.11 Å². The summed E-state index contributed by atoms with van der Waals surface area (Å²) < 4.78 is 7.02. The molecule has 1 aromatic heterocycles. The first kappa shape index (κ1) is 19.3. The second kappa shape index (κ2) is 8.49. The largest absolute Gasteiger partial charge is 0.504 e. The van der Waals surface area contributed by atoms with E-state index in [0.717, 1.165) is 16.8 Å². The van der Waals surface area contributed by atoms with Crippen LogP contribution in [0.15, 0.2) is 58.0 Å². The zero-order valence-corrected chi connectivity index (χ0v) is 16.1. The van der Waals surface area contributed by atoms with Crippen LogP contribution in [0.4, 0.5) is 5.69 Å². The molecular weight excluding hydrogens is 380 g/mol. The van der Waals surface area contributed by atoms with E-state index in [-0.39, 0.29) is 11.4 Å². The third-order valence-electron chi connectivity index (χ3n) is 4.02. The van der Waals surface area contributed by atoms with E-state index in [1.165, 1.54) is 30.6 Å². The molecule has 0 aliphatic heterocycles. The molecule has 0 radical (unpaired) electrons. The maximum atomic E-state index is 11.0. The van der Waals surface area contributed by atoms with Crippen LogP contribution < -0.4 is 9.54 Å². The average Bonchev–Trinajstić information content (AvgIpc) is 3.12. The van der Waals surface area contributed by atoms with Crippen LogP contribution in [-0.2, 0) is 6.54 Å². The minimum Gasteiger partial charge on any atom is -0.504 e. The minimum absolute atomic E-state index is 0.0455. The number of hydrogen-bond acceptors (Lipinski definition) is 7. The Morgan fingerprint density at radius 2 is 2.14 bits per heavy atom. The van der Waals surface area contributed by atoms with Gasteiger partial charge in [-0.05, 0) is 30.7 Å². The topological polar surface area (TPSA) is 102 Å². The number of thiazole rings is 1. The lowest BCUT2D eigenvalue weighted by molar-refractivity contribution is -0.384. The second-order valence-electron chi connectivity index (χ2n) is 5.73. The first-order valence-electron chi connectivity index (χ1n) is 8.40. The van der Waals surface area contributed by atoms with Gasteiger partial charge in [0.15, 0.2) is 11.5 Å². The van der Waals surface area contributed by atoms with Gasteiger partial charge in [0.05, 0.1) is 23.9 Å². The van der Waals surface area contributed by atoms with Crippen LogP contribution >= 0.6 is 11.3 Å². The summed E-state index contributed by atoms with van der Waals surface area (Å²) >= 11 is 1.40. The average molecular weight is 398 g/mol. The lowest BCUT2D eigenvalue weighted by Crippen LogP contribution is -2.14. The van der Waals surface area contributed by atoms with Crippen molar-refractivity contribution in [3.8, 4) is 22.8 Å². The molecule has 0 amide bonds. The van der Waals surface area contributed by atoms with Crippen LogP contribution in [0.3, 0.4) is 0 Å². The molecule has 0 atom stereocenters. The summed E-state index contributed by atoms with van der Waals surface area (Å²) in [6.07, 6.45) is 1.56. The van der Waals surface area contributed by atoms with E-state index >= 15 is 0 Å². The van der Waals surface area contributed by atoms with E-state index in [4.69, 9.17) is 4.74 Å². The van der Waals surface area contributed by atoms with Gasteiger partial charge in [0.2, 0.25) is 4.80 Å². The molecule has 3 aromatic rings. The molecular formula is C19H18N4O4S. The van der Waals surface area contributed by atoms with Gasteiger partial charge >= 0.3 is 0 Å². The van der Waals surface area contributed by atoms with E-state index < -0.39 is 4.92 Å². The van der Waals surface area contributed by atoms with Gasteiger partial charge in [-0.3, -0.25) is 10.1 Å². The molecule has 0 aliphatic carbocycles. The van der Waals surface area contributed by atoms with Gasteiger partial charge in [0, 0.05) is 29.6 Å². The van der Waals surface area contributed by atoms with Crippen molar-refractivity contribution in [1.29, 1.82) is 0 Å². The summed E-state index contributed by atoms with van der Waals surface area (Å²) in [6, 6.07) is 11.4. The maximum Gasteiger partial charge on any atom is 0.270 e. The predicted octanol–water partition coefficient (Wildman–Crippen LogP) is 3.79. The Hall–Kier alpha value is -3.46. The molecule has 8 nitrogen and oxygen atoms in total. The zero-order chi connectivity index (χ0) is 20.1.